The highest BCUT2D eigenvalue weighted by Crippen LogP contribution is 2.18. The van der Waals surface area contributed by atoms with Crippen LogP contribution in [0.15, 0.2) is 34.3 Å². The van der Waals surface area contributed by atoms with Crippen molar-refractivity contribution in [2.24, 2.45) is 0 Å². The summed E-state index contributed by atoms with van der Waals surface area (Å²) in [5.74, 6) is 0.635. The standard InChI is InChI=1S/C14H14N4OS/c1-2-3-11-7-13(19)18-14(17-11)20-9-10-4-5-16-12(6-10)8-15/h4-7H,2-3,9H2,1H3,(H,17,18,19). The molecule has 0 radical (unpaired) electrons. The average Bonchev–Trinajstić information content (AvgIpc) is 2.45. The molecule has 0 aliphatic carbocycles. The Morgan fingerprint density at radius 1 is 1.45 bits per heavy atom. The first-order chi connectivity index (χ1) is 9.71. The molecule has 0 unspecified atom stereocenters. The lowest BCUT2D eigenvalue weighted by atomic mass is 10.2. The van der Waals surface area contributed by atoms with Crippen LogP contribution in [0.1, 0.15) is 30.3 Å². The van der Waals surface area contributed by atoms with Crippen molar-refractivity contribution < 1.29 is 0 Å². The Morgan fingerprint density at radius 3 is 3.05 bits per heavy atom. The maximum absolute atomic E-state index is 11.5. The van der Waals surface area contributed by atoms with E-state index in [0.29, 0.717) is 16.6 Å². The molecule has 2 rings (SSSR count). The van der Waals surface area contributed by atoms with Crippen LogP contribution in [-0.4, -0.2) is 15.0 Å². The maximum atomic E-state index is 11.5. The van der Waals surface area contributed by atoms with Crippen molar-refractivity contribution >= 4 is 11.8 Å². The molecule has 0 atom stereocenters. The molecule has 0 aliphatic rings. The number of pyridine rings is 1. The Balaban J connectivity index is 2.10. The number of nitrogens with zero attached hydrogens (tertiary/aromatic N) is 3. The summed E-state index contributed by atoms with van der Waals surface area (Å²) in [5, 5.41) is 9.41. The van der Waals surface area contributed by atoms with Gasteiger partial charge in [-0.2, -0.15) is 5.26 Å². The fourth-order valence-corrected chi connectivity index (χ4v) is 2.55. The van der Waals surface area contributed by atoms with E-state index in [2.05, 4.69) is 21.9 Å². The molecule has 0 aliphatic heterocycles. The number of aryl methyl sites for hydroxylation is 1. The molecule has 0 fully saturated rings. The van der Waals surface area contributed by atoms with Gasteiger partial charge in [0.1, 0.15) is 11.8 Å². The van der Waals surface area contributed by atoms with Gasteiger partial charge in [-0.1, -0.05) is 25.1 Å². The number of nitrogens with one attached hydrogen (secondary N) is 1. The van der Waals surface area contributed by atoms with Gasteiger partial charge >= 0.3 is 0 Å². The fourth-order valence-electron chi connectivity index (χ4n) is 1.71. The quantitative estimate of drug-likeness (QED) is 0.673. The Kier molecular flexibility index (Phi) is 4.91. The second-order valence-corrected chi connectivity index (χ2v) is 5.21. The van der Waals surface area contributed by atoms with E-state index in [1.54, 1.807) is 12.3 Å². The minimum absolute atomic E-state index is 0.126. The van der Waals surface area contributed by atoms with Gasteiger partial charge < -0.3 is 4.98 Å². The van der Waals surface area contributed by atoms with E-state index in [4.69, 9.17) is 5.26 Å². The van der Waals surface area contributed by atoms with Crippen molar-refractivity contribution in [3.05, 3.63) is 51.7 Å². The third kappa shape index (κ3) is 3.93. The Morgan fingerprint density at radius 2 is 2.30 bits per heavy atom. The van der Waals surface area contributed by atoms with Gasteiger partial charge in [0.15, 0.2) is 5.16 Å². The molecule has 0 aromatic carbocycles. The highest BCUT2D eigenvalue weighted by Gasteiger charge is 2.03. The lowest BCUT2D eigenvalue weighted by Crippen LogP contribution is -2.09. The molecule has 2 aromatic rings. The zero-order valence-electron chi connectivity index (χ0n) is 11.1. The first-order valence-electron chi connectivity index (χ1n) is 6.29. The summed E-state index contributed by atoms with van der Waals surface area (Å²) in [6.45, 7) is 2.05. The third-order valence-electron chi connectivity index (χ3n) is 2.59. The monoisotopic (exact) mass is 286 g/mol. The normalized spacial score (nSPS) is 10.2. The van der Waals surface area contributed by atoms with E-state index in [1.807, 2.05) is 12.1 Å². The molecular weight excluding hydrogens is 272 g/mol. The number of rotatable bonds is 5. The van der Waals surface area contributed by atoms with Crippen LogP contribution in [0.3, 0.4) is 0 Å². The van der Waals surface area contributed by atoms with Gasteiger partial charge in [-0.25, -0.2) is 9.97 Å². The number of aromatic nitrogens is 3. The topological polar surface area (TPSA) is 82.4 Å². The van der Waals surface area contributed by atoms with Gasteiger partial charge in [0.2, 0.25) is 0 Å². The van der Waals surface area contributed by atoms with Crippen molar-refractivity contribution in [1.82, 2.24) is 15.0 Å². The molecule has 102 valence electrons. The van der Waals surface area contributed by atoms with Gasteiger partial charge in [0, 0.05) is 23.7 Å². The summed E-state index contributed by atoms with van der Waals surface area (Å²) in [6.07, 6.45) is 3.36. The van der Waals surface area contributed by atoms with Gasteiger partial charge in [-0.15, -0.1) is 0 Å². The van der Waals surface area contributed by atoms with E-state index >= 15 is 0 Å². The van der Waals surface area contributed by atoms with Crippen LogP contribution in [0, 0.1) is 11.3 Å². The number of hydrogen-bond donors (Lipinski definition) is 1. The highest BCUT2D eigenvalue weighted by atomic mass is 32.2. The Bertz CT molecular complexity index is 690. The summed E-state index contributed by atoms with van der Waals surface area (Å²) < 4.78 is 0. The zero-order chi connectivity index (χ0) is 14.4. The van der Waals surface area contributed by atoms with E-state index in [0.717, 1.165) is 24.1 Å². The van der Waals surface area contributed by atoms with E-state index < -0.39 is 0 Å². The van der Waals surface area contributed by atoms with Crippen molar-refractivity contribution in [2.75, 3.05) is 0 Å². The molecule has 0 saturated heterocycles. The SMILES string of the molecule is CCCc1cc(=O)[nH]c(SCc2ccnc(C#N)c2)n1. The largest absolute Gasteiger partial charge is 0.301 e. The van der Waals surface area contributed by atoms with Crippen LogP contribution < -0.4 is 5.56 Å². The maximum Gasteiger partial charge on any atom is 0.251 e. The summed E-state index contributed by atoms with van der Waals surface area (Å²) in [5.41, 5.74) is 2.05. The summed E-state index contributed by atoms with van der Waals surface area (Å²) in [7, 11) is 0. The Hall–Kier alpha value is -2.13. The number of hydrogen-bond acceptors (Lipinski definition) is 5. The number of aromatic amines is 1. The van der Waals surface area contributed by atoms with Crippen molar-refractivity contribution in [3.63, 3.8) is 0 Å². The van der Waals surface area contributed by atoms with Crippen LogP contribution in [0.25, 0.3) is 0 Å². The molecule has 1 N–H and O–H groups in total. The average molecular weight is 286 g/mol. The third-order valence-corrected chi connectivity index (χ3v) is 3.54. The minimum Gasteiger partial charge on any atom is -0.301 e. The molecule has 20 heavy (non-hydrogen) atoms. The van der Waals surface area contributed by atoms with E-state index in [1.165, 1.54) is 17.8 Å². The molecular formula is C14H14N4OS. The van der Waals surface area contributed by atoms with Gasteiger partial charge in [0.05, 0.1) is 0 Å². The van der Waals surface area contributed by atoms with Crippen molar-refractivity contribution in [3.8, 4) is 6.07 Å². The van der Waals surface area contributed by atoms with Crippen LogP contribution in [-0.2, 0) is 12.2 Å². The summed E-state index contributed by atoms with van der Waals surface area (Å²) in [4.78, 5) is 22.6. The molecule has 5 nitrogen and oxygen atoms in total. The smallest absolute Gasteiger partial charge is 0.251 e. The molecule has 2 heterocycles. The number of nitriles is 1. The number of thioether (sulfide) groups is 1. The second kappa shape index (κ2) is 6.87. The first kappa shape index (κ1) is 14.3. The van der Waals surface area contributed by atoms with Crippen LogP contribution in [0.2, 0.25) is 0 Å². The van der Waals surface area contributed by atoms with Crippen molar-refractivity contribution in [1.29, 1.82) is 5.26 Å². The Labute approximate surface area is 121 Å². The van der Waals surface area contributed by atoms with Crippen LogP contribution >= 0.6 is 11.8 Å². The zero-order valence-corrected chi connectivity index (χ0v) is 11.9. The first-order valence-corrected chi connectivity index (χ1v) is 7.28. The minimum atomic E-state index is -0.126. The predicted molar refractivity (Wildman–Crippen MR) is 77.4 cm³/mol. The molecule has 0 amide bonds. The van der Waals surface area contributed by atoms with Crippen LogP contribution in [0.5, 0.6) is 0 Å². The van der Waals surface area contributed by atoms with Gasteiger partial charge in [0.25, 0.3) is 5.56 Å². The predicted octanol–water partition coefficient (Wildman–Crippen LogP) is 2.28. The summed E-state index contributed by atoms with van der Waals surface area (Å²) in [6, 6.07) is 7.13. The molecule has 2 aromatic heterocycles. The second-order valence-electron chi connectivity index (χ2n) is 4.24. The van der Waals surface area contributed by atoms with E-state index in [9.17, 15) is 4.79 Å². The number of H-pyrrole nitrogens is 1. The lowest BCUT2D eigenvalue weighted by Gasteiger charge is -2.03. The van der Waals surface area contributed by atoms with Crippen LogP contribution in [0.4, 0.5) is 0 Å². The summed E-state index contributed by atoms with van der Waals surface area (Å²) >= 11 is 1.44. The van der Waals surface area contributed by atoms with Gasteiger partial charge in [-0.05, 0) is 24.1 Å². The van der Waals surface area contributed by atoms with E-state index in [-0.39, 0.29) is 5.56 Å². The molecule has 0 spiro atoms. The molecule has 6 heteroatoms. The highest BCUT2D eigenvalue weighted by molar-refractivity contribution is 7.98. The van der Waals surface area contributed by atoms with Gasteiger partial charge in [-0.3, -0.25) is 4.79 Å². The fraction of sp³-hybridized carbons (Fsp3) is 0.286. The van der Waals surface area contributed by atoms with Crippen molar-refractivity contribution in [2.45, 2.75) is 30.7 Å². The lowest BCUT2D eigenvalue weighted by molar-refractivity contribution is 0.816. The molecule has 0 saturated carbocycles. The molecule has 0 bridgehead atoms.